The van der Waals surface area contributed by atoms with Crippen LogP contribution in [-0.4, -0.2) is 54.4 Å². The third kappa shape index (κ3) is 4.67. The van der Waals surface area contributed by atoms with Crippen LogP contribution in [0.2, 0.25) is 0 Å². The van der Waals surface area contributed by atoms with Crippen molar-refractivity contribution >= 4 is 17.5 Å². The lowest BCUT2D eigenvalue weighted by molar-refractivity contribution is -0.137. The van der Waals surface area contributed by atoms with Gasteiger partial charge in [0.25, 0.3) is 5.91 Å². The van der Waals surface area contributed by atoms with E-state index in [9.17, 15) is 22.8 Å². The zero-order chi connectivity index (χ0) is 25.4. The Labute approximate surface area is 201 Å². The molecule has 2 aliphatic heterocycles. The molecule has 10 heteroatoms. The van der Waals surface area contributed by atoms with Crippen LogP contribution in [0.25, 0.3) is 0 Å². The first-order valence-electron chi connectivity index (χ1n) is 11.4. The fourth-order valence-electron chi connectivity index (χ4n) is 5.20. The summed E-state index contributed by atoms with van der Waals surface area (Å²) in [6, 6.07) is 8.14. The number of carbonyl (C=O) groups excluding carboxylic acids is 2. The predicted molar refractivity (Wildman–Crippen MR) is 123 cm³/mol. The number of nitriles is 1. The summed E-state index contributed by atoms with van der Waals surface area (Å²) < 4.78 is 40.2. The highest BCUT2D eigenvalue weighted by atomic mass is 19.4. The number of alkyl halides is 3. The molecule has 2 aromatic rings. The van der Waals surface area contributed by atoms with Crippen molar-refractivity contribution < 1.29 is 22.8 Å². The molecule has 7 nitrogen and oxygen atoms in total. The van der Waals surface area contributed by atoms with E-state index < -0.39 is 23.3 Å². The van der Waals surface area contributed by atoms with E-state index in [-0.39, 0.29) is 17.2 Å². The zero-order valence-electron chi connectivity index (χ0n) is 19.5. The molecule has 0 saturated carbocycles. The van der Waals surface area contributed by atoms with Gasteiger partial charge < -0.3 is 15.1 Å². The average Bonchev–Trinajstić information content (AvgIpc) is 3.22. The van der Waals surface area contributed by atoms with Crippen LogP contribution in [0.1, 0.15) is 46.4 Å². The Bertz CT molecular complexity index is 1180. The summed E-state index contributed by atoms with van der Waals surface area (Å²) >= 11 is 0. The van der Waals surface area contributed by atoms with Gasteiger partial charge in [-0.25, -0.2) is 0 Å². The lowest BCUT2D eigenvalue weighted by Crippen LogP contribution is -2.45. The van der Waals surface area contributed by atoms with Gasteiger partial charge in [0.05, 0.1) is 22.8 Å². The summed E-state index contributed by atoms with van der Waals surface area (Å²) in [4.78, 5) is 33.7. The van der Waals surface area contributed by atoms with Crippen LogP contribution in [-0.2, 0) is 11.0 Å². The van der Waals surface area contributed by atoms with Gasteiger partial charge >= 0.3 is 6.18 Å². The summed E-state index contributed by atoms with van der Waals surface area (Å²) in [5.74, 6) is -0.480. The minimum absolute atomic E-state index is 0.235. The van der Waals surface area contributed by atoms with E-state index in [0.29, 0.717) is 55.8 Å². The number of halogens is 3. The maximum Gasteiger partial charge on any atom is 0.417 e. The number of aryl methyl sites for hydroxylation is 1. The molecule has 184 valence electrons. The minimum Gasteiger partial charge on any atom is -0.371 e. The number of nitrogens with one attached hydrogen (secondary N) is 1. The van der Waals surface area contributed by atoms with Crippen LogP contribution in [0.4, 0.5) is 18.9 Å². The topological polar surface area (TPSA) is 89.3 Å². The van der Waals surface area contributed by atoms with Crippen LogP contribution < -0.4 is 10.2 Å². The largest absolute Gasteiger partial charge is 0.417 e. The van der Waals surface area contributed by atoms with E-state index in [1.54, 1.807) is 36.2 Å². The number of rotatable bonds is 3. The highest BCUT2D eigenvalue weighted by Gasteiger charge is 2.50. The summed E-state index contributed by atoms with van der Waals surface area (Å²) in [7, 11) is 1.54. The molecule has 2 aliphatic rings. The Morgan fingerprint density at radius 1 is 1.23 bits per heavy atom. The van der Waals surface area contributed by atoms with Crippen LogP contribution in [0, 0.1) is 23.7 Å². The molecule has 0 bridgehead atoms. The van der Waals surface area contributed by atoms with Crippen molar-refractivity contribution in [2.45, 2.75) is 38.4 Å². The predicted octanol–water partition coefficient (Wildman–Crippen LogP) is 3.53. The summed E-state index contributed by atoms with van der Waals surface area (Å²) in [6.07, 6.45) is -1.27. The van der Waals surface area contributed by atoms with Gasteiger partial charge in [0, 0.05) is 44.3 Å². The number of aromatic nitrogens is 1. The molecular formula is C25H26F3N5O2. The Balaban J connectivity index is 1.54. The Morgan fingerprint density at radius 3 is 2.54 bits per heavy atom. The first-order chi connectivity index (χ1) is 16.6. The molecule has 3 heterocycles. The highest BCUT2D eigenvalue weighted by molar-refractivity contribution is 5.98. The van der Waals surface area contributed by atoms with Crippen molar-refractivity contribution in [1.29, 1.82) is 5.26 Å². The molecule has 4 rings (SSSR count). The number of piperidine rings is 1. The Kier molecular flexibility index (Phi) is 6.45. The van der Waals surface area contributed by atoms with Crippen LogP contribution in [0.3, 0.4) is 0 Å². The maximum atomic E-state index is 13.4. The maximum absolute atomic E-state index is 13.4. The van der Waals surface area contributed by atoms with Crippen LogP contribution in [0.15, 0.2) is 36.5 Å². The van der Waals surface area contributed by atoms with E-state index in [4.69, 9.17) is 5.26 Å². The molecule has 1 atom stereocenters. The van der Waals surface area contributed by atoms with Crippen molar-refractivity contribution in [2.24, 2.45) is 5.41 Å². The Morgan fingerprint density at radius 2 is 1.94 bits per heavy atom. The normalized spacial score (nSPS) is 19.5. The monoisotopic (exact) mass is 485 g/mol. The van der Waals surface area contributed by atoms with Crippen LogP contribution in [0.5, 0.6) is 0 Å². The Hall–Kier alpha value is -3.61. The first kappa shape index (κ1) is 24.5. The second kappa shape index (κ2) is 9.21. The van der Waals surface area contributed by atoms with E-state index in [2.05, 4.69) is 10.3 Å². The minimum atomic E-state index is -4.62. The zero-order valence-corrected chi connectivity index (χ0v) is 19.5. The fourth-order valence-corrected chi connectivity index (χ4v) is 5.20. The van der Waals surface area contributed by atoms with Crippen molar-refractivity contribution in [3.05, 3.63) is 58.9 Å². The van der Waals surface area contributed by atoms with E-state index >= 15 is 0 Å². The van der Waals surface area contributed by atoms with E-state index in [0.717, 1.165) is 6.07 Å². The van der Waals surface area contributed by atoms with E-state index in [1.807, 2.05) is 4.90 Å². The number of anilines is 1. The smallest absolute Gasteiger partial charge is 0.371 e. The molecule has 2 saturated heterocycles. The third-order valence-corrected chi connectivity index (χ3v) is 7.17. The van der Waals surface area contributed by atoms with Gasteiger partial charge in [-0.15, -0.1) is 0 Å². The standard InChI is InChI=1S/C25H26F3N5O2/c1-16-19(4-3-9-31-16)23(35)33-15-24(13-21(33)22(34)30-2)7-10-32(11-8-24)18-6-5-17(14-29)20(12-18)25(26,27)28/h3-6,9,12,21H,7-8,10-11,13,15H2,1-2H3,(H,30,34). The molecule has 35 heavy (non-hydrogen) atoms. The third-order valence-electron chi connectivity index (χ3n) is 7.17. The van der Waals surface area contributed by atoms with Crippen molar-refractivity contribution in [2.75, 3.05) is 31.6 Å². The lowest BCUT2D eigenvalue weighted by atomic mass is 9.76. The molecule has 2 fully saturated rings. The van der Waals surface area contributed by atoms with Gasteiger partial charge in [0.2, 0.25) is 5.91 Å². The average molecular weight is 486 g/mol. The number of hydrogen-bond donors (Lipinski definition) is 1. The molecule has 0 radical (unpaired) electrons. The number of pyridine rings is 1. The summed E-state index contributed by atoms with van der Waals surface area (Å²) in [6.45, 7) is 3.11. The fraction of sp³-hybridized carbons (Fsp3) is 0.440. The summed E-state index contributed by atoms with van der Waals surface area (Å²) in [5.41, 5.74) is -0.205. The SMILES string of the molecule is CNC(=O)C1CC2(CCN(c3ccc(C#N)c(C(F)(F)F)c3)CC2)CN1C(=O)c1cccnc1C. The highest BCUT2D eigenvalue weighted by Crippen LogP contribution is 2.45. The number of benzene rings is 1. The van der Waals surface area contributed by atoms with E-state index in [1.165, 1.54) is 19.2 Å². The quantitative estimate of drug-likeness (QED) is 0.719. The molecule has 1 aromatic heterocycles. The van der Waals surface area contributed by atoms with Gasteiger partial charge in [0.1, 0.15) is 6.04 Å². The number of likely N-dealkylation sites (N-methyl/N-ethyl adjacent to an activating group) is 1. The summed E-state index contributed by atoms with van der Waals surface area (Å²) in [5, 5.41) is 11.7. The molecule has 1 unspecified atom stereocenters. The lowest BCUT2D eigenvalue weighted by Gasteiger charge is -2.40. The second-order valence-corrected chi connectivity index (χ2v) is 9.23. The van der Waals surface area contributed by atoms with Gasteiger partial charge in [-0.2, -0.15) is 18.4 Å². The number of carbonyl (C=O) groups is 2. The van der Waals surface area contributed by atoms with Gasteiger partial charge in [-0.1, -0.05) is 0 Å². The van der Waals surface area contributed by atoms with Crippen molar-refractivity contribution in [3.8, 4) is 6.07 Å². The van der Waals surface area contributed by atoms with Gasteiger partial charge in [0.15, 0.2) is 0 Å². The van der Waals surface area contributed by atoms with Gasteiger partial charge in [-0.05, 0) is 61.9 Å². The molecule has 2 amide bonds. The second-order valence-electron chi connectivity index (χ2n) is 9.23. The van der Waals surface area contributed by atoms with Gasteiger partial charge in [-0.3, -0.25) is 14.6 Å². The molecule has 1 N–H and O–H groups in total. The molecule has 1 aromatic carbocycles. The first-order valence-corrected chi connectivity index (χ1v) is 11.4. The molecular weight excluding hydrogens is 459 g/mol. The number of likely N-dealkylation sites (tertiary alicyclic amines) is 1. The van der Waals surface area contributed by atoms with Crippen LogP contribution >= 0.6 is 0 Å². The number of nitrogens with zero attached hydrogens (tertiary/aromatic N) is 4. The molecule has 0 aliphatic carbocycles. The number of hydrogen-bond acceptors (Lipinski definition) is 5. The number of amides is 2. The van der Waals surface area contributed by atoms with Crippen molar-refractivity contribution in [1.82, 2.24) is 15.2 Å². The molecule has 1 spiro atoms. The van der Waals surface area contributed by atoms with Crippen molar-refractivity contribution in [3.63, 3.8) is 0 Å².